The van der Waals surface area contributed by atoms with Crippen LogP contribution in [0.1, 0.15) is 55.9 Å². The largest absolute Gasteiger partial charge is 0.455 e. The molecule has 56 heavy (non-hydrogen) atoms. The number of aromatic nitrogens is 2. The SMILES string of the molecule is Cc1ncc(CNc2ccc(C#N)cc2)c(C)c1Oc1cccc(C#N)c1.Cc1ncc(CNc2ccc(C(=N)N)cc2)c(C)c1Oc1cccc(C(=N)N)c1. The number of benzene rings is 4. The molecule has 280 valence electrons. The maximum Gasteiger partial charge on any atom is 0.151 e. The number of nitrogens with zero attached hydrogens (tertiary/aromatic N) is 4. The topological polar surface area (TPSA) is 216 Å². The first-order valence-electron chi connectivity index (χ1n) is 17.6. The number of hydrogen-bond acceptors (Lipinski definition) is 10. The van der Waals surface area contributed by atoms with E-state index in [1.807, 2.05) is 88.6 Å². The molecule has 0 saturated carbocycles. The van der Waals surface area contributed by atoms with Crippen molar-refractivity contribution >= 4 is 23.0 Å². The van der Waals surface area contributed by atoms with Crippen LogP contribution in [-0.2, 0) is 13.1 Å². The van der Waals surface area contributed by atoms with Crippen LogP contribution in [0.5, 0.6) is 23.0 Å². The average molecular weight is 743 g/mol. The van der Waals surface area contributed by atoms with E-state index in [4.69, 9.17) is 42.3 Å². The van der Waals surface area contributed by atoms with Crippen molar-refractivity contribution < 1.29 is 9.47 Å². The average Bonchev–Trinajstić information content (AvgIpc) is 3.21. The maximum atomic E-state index is 9.05. The molecule has 12 nitrogen and oxygen atoms in total. The van der Waals surface area contributed by atoms with E-state index in [2.05, 4.69) is 32.7 Å². The van der Waals surface area contributed by atoms with Gasteiger partial charge in [0.1, 0.15) is 23.2 Å². The smallest absolute Gasteiger partial charge is 0.151 e. The van der Waals surface area contributed by atoms with Gasteiger partial charge in [-0.25, -0.2) is 0 Å². The Morgan fingerprint density at radius 3 is 1.55 bits per heavy atom. The zero-order valence-electron chi connectivity index (χ0n) is 31.6. The Kier molecular flexibility index (Phi) is 13.0. The number of nitriles is 2. The first-order valence-corrected chi connectivity index (χ1v) is 17.6. The van der Waals surface area contributed by atoms with E-state index in [1.165, 1.54) is 0 Å². The minimum absolute atomic E-state index is 0.00392. The number of nitrogens with two attached hydrogens (primary N) is 2. The first kappa shape index (κ1) is 39.5. The van der Waals surface area contributed by atoms with E-state index in [0.717, 1.165) is 45.0 Å². The molecule has 0 aliphatic heterocycles. The van der Waals surface area contributed by atoms with Crippen molar-refractivity contribution in [3.8, 4) is 35.1 Å². The van der Waals surface area contributed by atoms with Gasteiger partial charge in [0, 0.05) is 59.1 Å². The molecule has 6 aromatic rings. The van der Waals surface area contributed by atoms with Gasteiger partial charge >= 0.3 is 0 Å². The Hall–Kier alpha value is -7.70. The van der Waals surface area contributed by atoms with Gasteiger partial charge in [0.25, 0.3) is 0 Å². The Balaban J connectivity index is 0.000000215. The summed E-state index contributed by atoms with van der Waals surface area (Å²) in [5.41, 5.74) is 20.9. The standard InChI is InChI=1S/C22H24N6O.C22H18N4O/c1-13-17(12-28-18-8-6-15(7-9-18)21(23)24)11-27-14(2)20(13)29-19-5-3-4-16(10-19)22(25)26;1-15-19(14-26-20-8-6-17(11-23)7-9-20)13-25-16(2)22(15)27-21-5-3-4-18(10-21)12-24/h3-11,28H,12H2,1-2H3,(H3,23,24)(H3,25,26);3-10,13,26H,14H2,1-2H3. The van der Waals surface area contributed by atoms with Crippen LogP contribution in [0, 0.1) is 61.2 Å². The lowest BCUT2D eigenvalue weighted by Crippen LogP contribution is -2.11. The van der Waals surface area contributed by atoms with E-state index in [0.29, 0.717) is 58.3 Å². The van der Waals surface area contributed by atoms with Gasteiger partial charge in [0.05, 0.1) is 34.7 Å². The van der Waals surface area contributed by atoms with E-state index in [-0.39, 0.29) is 11.7 Å². The molecule has 0 fully saturated rings. The highest BCUT2D eigenvalue weighted by Gasteiger charge is 2.14. The Morgan fingerprint density at radius 2 is 1.07 bits per heavy atom. The van der Waals surface area contributed by atoms with Gasteiger partial charge in [-0.05, 0) is 118 Å². The summed E-state index contributed by atoms with van der Waals surface area (Å²) in [6.45, 7) is 8.94. The molecule has 2 heterocycles. The molecule has 0 aliphatic carbocycles. The monoisotopic (exact) mass is 742 g/mol. The minimum Gasteiger partial charge on any atom is -0.455 e. The highest BCUT2D eigenvalue weighted by atomic mass is 16.5. The van der Waals surface area contributed by atoms with Gasteiger partial charge in [0.15, 0.2) is 11.5 Å². The fraction of sp³-hybridized carbons (Fsp3) is 0.136. The number of ether oxygens (including phenoxy) is 2. The lowest BCUT2D eigenvalue weighted by molar-refractivity contribution is 0.470. The van der Waals surface area contributed by atoms with Crippen molar-refractivity contribution in [1.29, 1.82) is 21.3 Å². The van der Waals surface area contributed by atoms with E-state index in [1.54, 1.807) is 48.5 Å². The van der Waals surface area contributed by atoms with Crippen molar-refractivity contribution in [2.75, 3.05) is 10.6 Å². The predicted octanol–water partition coefficient (Wildman–Crippen LogP) is 8.52. The van der Waals surface area contributed by atoms with Crippen molar-refractivity contribution in [2.24, 2.45) is 11.5 Å². The Bertz CT molecular complexity index is 2450. The molecule has 0 saturated heterocycles. The molecule has 12 heteroatoms. The van der Waals surface area contributed by atoms with Gasteiger partial charge in [-0.15, -0.1) is 0 Å². The maximum absolute atomic E-state index is 9.05. The molecule has 0 amide bonds. The molecule has 0 radical (unpaired) electrons. The lowest BCUT2D eigenvalue weighted by atomic mass is 10.1. The summed E-state index contributed by atoms with van der Waals surface area (Å²) in [5.74, 6) is 2.65. The molecule has 0 aliphatic rings. The van der Waals surface area contributed by atoms with E-state index >= 15 is 0 Å². The number of aryl methyl sites for hydroxylation is 2. The van der Waals surface area contributed by atoms with Crippen molar-refractivity contribution in [3.63, 3.8) is 0 Å². The fourth-order valence-electron chi connectivity index (χ4n) is 5.57. The number of nitrogens with one attached hydrogen (secondary N) is 4. The predicted molar refractivity (Wildman–Crippen MR) is 219 cm³/mol. The van der Waals surface area contributed by atoms with E-state index in [9.17, 15) is 0 Å². The van der Waals surface area contributed by atoms with Crippen molar-refractivity contribution in [2.45, 2.75) is 40.8 Å². The van der Waals surface area contributed by atoms with Crippen LogP contribution in [0.25, 0.3) is 0 Å². The van der Waals surface area contributed by atoms with E-state index < -0.39 is 0 Å². The van der Waals surface area contributed by atoms with Crippen molar-refractivity contribution in [3.05, 3.63) is 165 Å². The van der Waals surface area contributed by atoms with Gasteiger partial charge in [-0.2, -0.15) is 10.5 Å². The molecular weight excluding hydrogens is 701 g/mol. The van der Waals surface area contributed by atoms with Gasteiger partial charge in [-0.3, -0.25) is 20.8 Å². The third-order valence-electron chi connectivity index (χ3n) is 8.85. The van der Waals surface area contributed by atoms with Crippen LogP contribution >= 0.6 is 0 Å². The summed E-state index contributed by atoms with van der Waals surface area (Å²) in [4.78, 5) is 8.91. The molecule has 2 aromatic heterocycles. The number of amidine groups is 2. The molecule has 0 bridgehead atoms. The van der Waals surface area contributed by atoms with Crippen LogP contribution in [0.4, 0.5) is 11.4 Å². The molecule has 6 rings (SSSR count). The number of nitrogen functional groups attached to an aromatic ring is 2. The second-order valence-electron chi connectivity index (χ2n) is 12.8. The summed E-state index contributed by atoms with van der Waals surface area (Å²) in [5, 5.41) is 39.7. The summed E-state index contributed by atoms with van der Waals surface area (Å²) in [6.07, 6.45) is 3.67. The van der Waals surface area contributed by atoms with Crippen LogP contribution in [-0.4, -0.2) is 21.6 Å². The van der Waals surface area contributed by atoms with Gasteiger partial charge in [-0.1, -0.05) is 18.2 Å². The quantitative estimate of drug-likeness (QED) is 0.0519. The highest BCUT2D eigenvalue weighted by molar-refractivity contribution is 5.95. The third kappa shape index (κ3) is 10.2. The number of anilines is 2. The fourth-order valence-corrected chi connectivity index (χ4v) is 5.57. The van der Waals surface area contributed by atoms with Crippen molar-refractivity contribution in [1.82, 2.24) is 9.97 Å². The zero-order chi connectivity index (χ0) is 40.2. The highest BCUT2D eigenvalue weighted by Crippen LogP contribution is 2.32. The Morgan fingerprint density at radius 1 is 0.607 bits per heavy atom. The number of hydrogen-bond donors (Lipinski definition) is 6. The molecular formula is C44H42N10O2. The first-order chi connectivity index (χ1) is 26.9. The Labute approximate surface area is 326 Å². The molecule has 0 spiro atoms. The second kappa shape index (κ2) is 18.4. The van der Waals surface area contributed by atoms with Crippen LogP contribution < -0.4 is 31.6 Å². The summed E-state index contributed by atoms with van der Waals surface area (Å²) < 4.78 is 12.1. The second-order valence-corrected chi connectivity index (χ2v) is 12.8. The summed E-state index contributed by atoms with van der Waals surface area (Å²) in [6, 6.07) is 33.1. The van der Waals surface area contributed by atoms with Crippen LogP contribution in [0.15, 0.2) is 109 Å². The van der Waals surface area contributed by atoms with Crippen LogP contribution in [0.2, 0.25) is 0 Å². The molecule has 4 aromatic carbocycles. The summed E-state index contributed by atoms with van der Waals surface area (Å²) in [7, 11) is 0. The van der Waals surface area contributed by atoms with Gasteiger partial charge in [0.2, 0.25) is 0 Å². The minimum atomic E-state index is -0.00392. The number of pyridine rings is 2. The molecule has 8 N–H and O–H groups in total. The molecule has 0 unspecified atom stereocenters. The van der Waals surface area contributed by atoms with Crippen LogP contribution in [0.3, 0.4) is 0 Å². The third-order valence-corrected chi connectivity index (χ3v) is 8.85. The summed E-state index contributed by atoms with van der Waals surface area (Å²) >= 11 is 0. The van der Waals surface area contributed by atoms with Gasteiger partial charge < -0.3 is 31.6 Å². The number of rotatable bonds is 12. The lowest BCUT2D eigenvalue weighted by Gasteiger charge is -2.16. The zero-order valence-corrected chi connectivity index (χ0v) is 31.6. The molecule has 0 atom stereocenters. The normalized spacial score (nSPS) is 10.2.